The van der Waals surface area contributed by atoms with Gasteiger partial charge < -0.3 is 10.2 Å². The zero-order valence-electron chi connectivity index (χ0n) is 10.9. The van der Waals surface area contributed by atoms with Gasteiger partial charge in [-0.1, -0.05) is 29.3 Å². The molecule has 0 aliphatic carbocycles. The summed E-state index contributed by atoms with van der Waals surface area (Å²) in [6.45, 7) is 2.45. The Hall–Kier alpha value is -0.910. The van der Waals surface area contributed by atoms with Crippen LogP contribution in [0.15, 0.2) is 18.2 Å². The quantitative estimate of drug-likeness (QED) is 0.922. The molecule has 0 spiro atoms. The fourth-order valence-electron chi connectivity index (χ4n) is 1.97. The van der Waals surface area contributed by atoms with Gasteiger partial charge in [0.2, 0.25) is 11.8 Å². The lowest BCUT2D eigenvalue weighted by atomic mass is 10.2. The fourth-order valence-corrected chi connectivity index (χ4v) is 3.46. The number of likely N-dealkylation sites (N-methyl/N-ethyl adjacent to an activating group) is 1. The SMILES string of the molecule is CCNC(=O)CN1C(=O)CSC1c1ccc(Cl)c(Cl)c1. The minimum Gasteiger partial charge on any atom is -0.355 e. The highest BCUT2D eigenvalue weighted by molar-refractivity contribution is 8.00. The zero-order valence-corrected chi connectivity index (χ0v) is 13.2. The van der Waals surface area contributed by atoms with Crippen LogP contribution in [-0.2, 0) is 9.59 Å². The number of thioether (sulfide) groups is 1. The lowest BCUT2D eigenvalue weighted by molar-refractivity contribution is -0.133. The van der Waals surface area contributed by atoms with Crippen LogP contribution in [0.5, 0.6) is 0 Å². The third-order valence-electron chi connectivity index (χ3n) is 2.88. The van der Waals surface area contributed by atoms with Crippen molar-refractivity contribution < 1.29 is 9.59 Å². The van der Waals surface area contributed by atoms with Crippen molar-refractivity contribution in [2.75, 3.05) is 18.8 Å². The van der Waals surface area contributed by atoms with Crippen molar-refractivity contribution >= 4 is 46.8 Å². The summed E-state index contributed by atoms with van der Waals surface area (Å²) in [7, 11) is 0. The largest absolute Gasteiger partial charge is 0.355 e. The predicted molar refractivity (Wildman–Crippen MR) is 82.1 cm³/mol. The minimum atomic E-state index is -0.195. The second-order valence-corrected chi connectivity index (χ2v) is 6.19. The van der Waals surface area contributed by atoms with Crippen LogP contribution in [0, 0.1) is 0 Å². The Labute approximate surface area is 131 Å². The number of carbonyl (C=O) groups excluding carboxylic acids is 2. The van der Waals surface area contributed by atoms with Crippen molar-refractivity contribution in [1.82, 2.24) is 10.2 Å². The van der Waals surface area contributed by atoms with E-state index in [0.717, 1.165) is 5.56 Å². The van der Waals surface area contributed by atoms with Crippen molar-refractivity contribution in [3.63, 3.8) is 0 Å². The second kappa shape index (κ2) is 6.70. The van der Waals surface area contributed by atoms with Gasteiger partial charge in [-0.2, -0.15) is 0 Å². The molecule has 0 bridgehead atoms. The molecule has 1 unspecified atom stereocenters. The fraction of sp³-hybridized carbons (Fsp3) is 0.385. The van der Waals surface area contributed by atoms with E-state index in [9.17, 15) is 9.59 Å². The van der Waals surface area contributed by atoms with Crippen LogP contribution in [0.3, 0.4) is 0 Å². The minimum absolute atomic E-state index is 0.0441. The first-order chi connectivity index (χ1) is 9.52. The predicted octanol–water partition coefficient (Wildman–Crippen LogP) is 2.70. The summed E-state index contributed by atoms with van der Waals surface area (Å²) in [6.07, 6.45) is 0. The summed E-state index contributed by atoms with van der Waals surface area (Å²) >= 11 is 13.4. The Bertz CT molecular complexity index is 539. The molecule has 1 aliphatic heterocycles. The number of benzene rings is 1. The maximum atomic E-state index is 11.9. The first-order valence-corrected chi connectivity index (χ1v) is 7.96. The number of carbonyl (C=O) groups is 2. The van der Waals surface area contributed by atoms with E-state index in [1.807, 2.05) is 13.0 Å². The maximum absolute atomic E-state index is 11.9. The van der Waals surface area contributed by atoms with E-state index in [4.69, 9.17) is 23.2 Å². The van der Waals surface area contributed by atoms with E-state index in [-0.39, 0.29) is 23.7 Å². The molecular weight excluding hydrogens is 319 g/mol. The first-order valence-electron chi connectivity index (χ1n) is 6.15. The first kappa shape index (κ1) is 15.5. The number of rotatable bonds is 4. The molecular formula is C13H14Cl2N2O2S. The van der Waals surface area contributed by atoms with E-state index in [1.165, 1.54) is 11.8 Å². The van der Waals surface area contributed by atoms with Gasteiger partial charge in [-0.3, -0.25) is 9.59 Å². The smallest absolute Gasteiger partial charge is 0.239 e. The van der Waals surface area contributed by atoms with Gasteiger partial charge >= 0.3 is 0 Å². The van der Waals surface area contributed by atoms with Gasteiger partial charge in [0.15, 0.2) is 0 Å². The summed E-state index contributed by atoms with van der Waals surface area (Å²) in [5.41, 5.74) is 0.875. The number of hydrogen-bond acceptors (Lipinski definition) is 3. The molecule has 0 saturated carbocycles. The normalized spacial score (nSPS) is 18.4. The average Bonchev–Trinajstić information content (AvgIpc) is 2.75. The standard InChI is InChI=1S/C13H14Cl2N2O2S/c1-2-16-11(18)6-17-12(19)7-20-13(17)8-3-4-9(14)10(15)5-8/h3-5,13H,2,6-7H2,1H3,(H,16,18). The van der Waals surface area contributed by atoms with Crippen LogP contribution in [0.2, 0.25) is 10.0 Å². The summed E-state index contributed by atoms with van der Waals surface area (Å²) in [6, 6.07) is 5.27. The summed E-state index contributed by atoms with van der Waals surface area (Å²) < 4.78 is 0. The van der Waals surface area contributed by atoms with E-state index >= 15 is 0 Å². The number of nitrogens with zero attached hydrogens (tertiary/aromatic N) is 1. The molecule has 1 N–H and O–H groups in total. The lowest BCUT2D eigenvalue weighted by Crippen LogP contribution is -2.39. The van der Waals surface area contributed by atoms with Gasteiger partial charge in [0.25, 0.3) is 0 Å². The molecule has 7 heteroatoms. The molecule has 1 atom stereocenters. The van der Waals surface area contributed by atoms with Crippen LogP contribution in [-0.4, -0.2) is 35.6 Å². The van der Waals surface area contributed by atoms with Gasteiger partial charge in [0, 0.05) is 6.54 Å². The van der Waals surface area contributed by atoms with Gasteiger partial charge in [0.05, 0.1) is 15.8 Å². The third-order valence-corrected chi connectivity index (χ3v) is 4.88. The Morgan fingerprint density at radius 3 is 2.85 bits per heavy atom. The highest BCUT2D eigenvalue weighted by atomic mass is 35.5. The van der Waals surface area contributed by atoms with Crippen LogP contribution in [0.25, 0.3) is 0 Å². The van der Waals surface area contributed by atoms with Crippen LogP contribution >= 0.6 is 35.0 Å². The molecule has 1 saturated heterocycles. The third kappa shape index (κ3) is 3.40. The number of amides is 2. The van der Waals surface area contributed by atoms with Crippen LogP contribution in [0.4, 0.5) is 0 Å². The number of nitrogens with one attached hydrogen (secondary N) is 1. The summed E-state index contributed by atoms with van der Waals surface area (Å²) in [5.74, 6) is 0.162. The lowest BCUT2D eigenvalue weighted by Gasteiger charge is -2.23. The zero-order chi connectivity index (χ0) is 14.7. The molecule has 1 aromatic rings. The Kier molecular flexibility index (Phi) is 5.18. The van der Waals surface area contributed by atoms with Crippen molar-refractivity contribution in [2.45, 2.75) is 12.3 Å². The molecule has 1 heterocycles. The van der Waals surface area contributed by atoms with Crippen LogP contribution in [0.1, 0.15) is 17.9 Å². The van der Waals surface area contributed by atoms with E-state index in [2.05, 4.69) is 5.32 Å². The van der Waals surface area contributed by atoms with Gasteiger partial charge in [0.1, 0.15) is 11.9 Å². The Balaban J connectivity index is 2.18. The molecule has 108 valence electrons. The van der Waals surface area contributed by atoms with E-state index < -0.39 is 0 Å². The van der Waals surface area contributed by atoms with Crippen molar-refractivity contribution in [2.24, 2.45) is 0 Å². The molecule has 2 rings (SSSR count). The molecule has 2 amide bonds. The topological polar surface area (TPSA) is 49.4 Å². The molecule has 1 aliphatic rings. The highest BCUT2D eigenvalue weighted by Gasteiger charge is 2.34. The molecule has 1 aromatic carbocycles. The van der Waals surface area contributed by atoms with Crippen molar-refractivity contribution in [3.05, 3.63) is 33.8 Å². The molecule has 0 aromatic heterocycles. The average molecular weight is 333 g/mol. The Morgan fingerprint density at radius 2 is 2.20 bits per heavy atom. The monoisotopic (exact) mass is 332 g/mol. The molecule has 20 heavy (non-hydrogen) atoms. The summed E-state index contributed by atoms with van der Waals surface area (Å²) in [4.78, 5) is 25.2. The second-order valence-electron chi connectivity index (χ2n) is 4.31. The molecule has 4 nitrogen and oxygen atoms in total. The van der Waals surface area contributed by atoms with Crippen LogP contribution < -0.4 is 5.32 Å². The highest BCUT2D eigenvalue weighted by Crippen LogP contribution is 2.40. The van der Waals surface area contributed by atoms with Gasteiger partial charge in [-0.15, -0.1) is 11.8 Å². The van der Waals surface area contributed by atoms with E-state index in [0.29, 0.717) is 22.3 Å². The summed E-state index contributed by atoms with van der Waals surface area (Å²) in [5, 5.41) is 3.42. The number of hydrogen-bond donors (Lipinski definition) is 1. The van der Waals surface area contributed by atoms with Crippen molar-refractivity contribution in [3.8, 4) is 0 Å². The van der Waals surface area contributed by atoms with Gasteiger partial charge in [-0.05, 0) is 24.6 Å². The molecule has 0 radical (unpaired) electrons. The van der Waals surface area contributed by atoms with Crippen molar-refractivity contribution in [1.29, 1.82) is 0 Å². The van der Waals surface area contributed by atoms with Gasteiger partial charge in [-0.25, -0.2) is 0 Å². The maximum Gasteiger partial charge on any atom is 0.239 e. The molecule has 1 fully saturated rings. The number of halogens is 2. The van der Waals surface area contributed by atoms with E-state index in [1.54, 1.807) is 17.0 Å². The Morgan fingerprint density at radius 1 is 1.45 bits per heavy atom.